The molecule has 0 fully saturated rings. The molecule has 0 aromatic heterocycles. The maximum Gasteiger partial charge on any atom is 0.317 e. The first kappa shape index (κ1) is 15.0. The number of aliphatic carboxylic acids is 1. The molecule has 0 bridgehead atoms. The number of ether oxygens (including phenoxy) is 2. The summed E-state index contributed by atoms with van der Waals surface area (Å²) in [6, 6.07) is 4.63. The average Bonchev–Trinajstić information content (AvgIpc) is 2.44. The second-order valence-corrected chi connectivity index (χ2v) is 4.39. The van der Waals surface area contributed by atoms with Gasteiger partial charge in [0.1, 0.15) is 5.41 Å². The van der Waals surface area contributed by atoms with Crippen molar-refractivity contribution < 1.29 is 24.2 Å². The highest BCUT2D eigenvalue weighted by molar-refractivity contribution is 6.11. The third-order valence-electron chi connectivity index (χ3n) is 3.33. The van der Waals surface area contributed by atoms with Gasteiger partial charge < -0.3 is 14.6 Å². The molecule has 1 aromatic rings. The van der Waals surface area contributed by atoms with Crippen LogP contribution in [0.25, 0.3) is 0 Å². The molecule has 1 unspecified atom stereocenters. The zero-order chi connectivity index (χ0) is 14.6. The van der Waals surface area contributed by atoms with E-state index in [1.165, 1.54) is 27.2 Å². The summed E-state index contributed by atoms with van der Waals surface area (Å²) >= 11 is 0. The number of rotatable bonds is 6. The molecule has 19 heavy (non-hydrogen) atoms. The summed E-state index contributed by atoms with van der Waals surface area (Å²) in [6.07, 6.45) is 0.218. The smallest absolute Gasteiger partial charge is 0.317 e. The molecule has 1 rings (SSSR count). The van der Waals surface area contributed by atoms with Crippen molar-refractivity contribution in [3.63, 3.8) is 0 Å². The number of Topliss-reactive ketones (excluding diaryl/α,β-unsaturated/α-hetero) is 1. The number of methoxy groups -OCH3 is 2. The highest BCUT2D eigenvalue weighted by Gasteiger charge is 2.40. The molecule has 0 saturated heterocycles. The first-order valence-corrected chi connectivity index (χ1v) is 5.91. The highest BCUT2D eigenvalue weighted by Crippen LogP contribution is 2.32. The lowest BCUT2D eigenvalue weighted by atomic mass is 9.80. The Bertz CT molecular complexity index is 495. The van der Waals surface area contributed by atoms with Gasteiger partial charge in [-0.2, -0.15) is 0 Å². The molecular formula is C14H18O5. The molecule has 1 aromatic carbocycles. The SMILES string of the molecule is CCC(C)(C(=O)O)C(=O)c1ccc(OC)c(OC)c1. The van der Waals surface area contributed by atoms with E-state index in [0.717, 1.165) is 0 Å². The topological polar surface area (TPSA) is 72.8 Å². The molecule has 5 nitrogen and oxygen atoms in total. The van der Waals surface area contributed by atoms with Crippen molar-refractivity contribution in [2.45, 2.75) is 20.3 Å². The lowest BCUT2D eigenvalue weighted by Crippen LogP contribution is -2.35. The molecule has 0 aliphatic carbocycles. The fourth-order valence-electron chi connectivity index (χ4n) is 1.70. The van der Waals surface area contributed by atoms with Crippen LogP contribution in [0.15, 0.2) is 18.2 Å². The summed E-state index contributed by atoms with van der Waals surface area (Å²) in [6.45, 7) is 3.10. The first-order chi connectivity index (χ1) is 8.90. The molecule has 1 atom stereocenters. The largest absolute Gasteiger partial charge is 0.493 e. The quantitative estimate of drug-likeness (QED) is 0.632. The Labute approximate surface area is 112 Å². The van der Waals surface area contributed by atoms with Crippen LogP contribution >= 0.6 is 0 Å². The van der Waals surface area contributed by atoms with Crippen molar-refractivity contribution >= 4 is 11.8 Å². The van der Waals surface area contributed by atoms with E-state index in [1.54, 1.807) is 19.1 Å². The van der Waals surface area contributed by atoms with Crippen molar-refractivity contribution in [3.8, 4) is 11.5 Å². The van der Waals surface area contributed by atoms with E-state index in [9.17, 15) is 14.7 Å². The summed E-state index contributed by atoms with van der Waals surface area (Å²) in [5, 5.41) is 9.21. The fourth-order valence-corrected chi connectivity index (χ4v) is 1.70. The molecule has 0 saturated carbocycles. The third kappa shape index (κ3) is 2.70. The number of carbonyl (C=O) groups is 2. The molecule has 0 spiro atoms. The monoisotopic (exact) mass is 266 g/mol. The van der Waals surface area contributed by atoms with Gasteiger partial charge in [-0.1, -0.05) is 6.92 Å². The van der Waals surface area contributed by atoms with Crippen LogP contribution in [-0.4, -0.2) is 31.1 Å². The van der Waals surface area contributed by atoms with Crippen LogP contribution < -0.4 is 9.47 Å². The van der Waals surface area contributed by atoms with Gasteiger partial charge in [-0.05, 0) is 31.5 Å². The van der Waals surface area contributed by atoms with Crippen LogP contribution in [0.1, 0.15) is 30.6 Å². The van der Waals surface area contributed by atoms with Crippen LogP contribution in [0.3, 0.4) is 0 Å². The van der Waals surface area contributed by atoms with Gasteiger partial charge in [-0.3, -0.25) is 9.59 Å². The second kappa shape index (κ2) is 5.73. The first-order valence-electron chi connectivity index (χ1n) is 5.91. The van der Waals surface area contributed by atoms with Gasteiger partial charge in [0.25, 0.3) is 0 Å². The van der Waals surface area contributed by atoms with Crippen molar-refractivity contribution in [3.05, 3.63) is 23.8 Å². The minimum Gasteiger partial charge on any atom is -0.493 e. The third-order valence-corrected chi connectivity index (χ3v) is 3.33. The van der Waals surface area contributed by atoms with E-state index >= 15 is 0 Å². The molecule has 0 amide bonds. The predicted molar refractivity (Wildman–Crippen MR) is 69.9 cm³/mol. The van der Waals surface area contributed by atoms with E-state index in [-0.39, 0.29) is 6.42 Å². The molecule has 0 heterocycles. The van der Waals surface area contributed by atoms with Crippen LogP contribution in [0.4, 0.5) is 0 Å². The number of carboxylic acids is 1. The molecule has 5 heteroatoms. The maximum absolute atomic E-state index is 12.3. The Balaban J connectivity index is 3.23. The van der Waals surface area contributed by atoms with Gasteiger partial charge in [0.15, 0.2) is 17.3 Å². The van der Waals surface area contributed by atoms with Gasteiger partial charge in [0, 0.05) is 5.56 Å². The van der Waals surface area contributed by atoms with E-state index in [4.69, 9.17) is 9.47 Å². The minimum atomic E-state index is -1.43. The molecular weight excluding hydrogens is 248 g/mol. The Morgan fingerprint density at radius 1 is 1.21 bits per heavy atom. The lowest BCUT2D eigenvalue weighted by molar-refractivity contribution is -0.145. The summed E-state index contributed by atoms with van der Waals surface area (Å²) in [5.41, 5.74) is -1.14. The van der Waals surface area contributed by atoms with E-state index in [2.05, 4.69) is 0 Å². The summed E-state index contributed by atoms with van der Waals surface area (Å²) < 4.78 is 10.2. The number of hydrogen-bond donors (Lipinski definition) is 1. The molecule has 0 aliphatic rings. The normalized spacial score (nSPS) is 13.5. The maximum atomic E-state index is 12.3. The fraction of sp³-hybridized carbons (Fsp3) is 0.429. The number of carbonyl (C=O) groups excluding carboxylic acids is 1. The van der Waals surface area contributed by atoms with Crippen LogP contribution in [0, 0.1) is 5.41 Å². The van der Waals surface area contributed by atoms with Crippen LogP contribution in [-0.2, 0) is 4.79 Å². The van der Waals surface area contributed by atoms with Crippen molar-refractivity contribution in [1.29, 1.82) is 0 Å². The zero-order valence-electron chi connectivity index (χ0n) is 11.5. The van der Waals surface area contributed by atoms with E-state index < -0.39 is 17.2 Å². The van der Waals surface area contributed by atoms with Crippen molar-refractivity contribution in [1.82, 2.24) is 0 Å². The standard InChI is InChI=1S/C14H18O5/c1-5-14(2,13(16)17)12(15)9-6-7-10(18-3)11(8-9)19-4/h6-8H,5H2,1-4H3,(H,16,17). The molecule has 1 N–H and O–H groups in total. The zero-order valence-corrected chi connectivity index (χ0v) is 11.5. The second-order valence-electron chi connectivity index (χ2n) is 4.39. The van der Waals surface area contributed by atoms with Gasteiger partial charge >= 0.3 is 5.97 Å². The average molecular weight is 266 g/mol. The Morgan fingerprint density at radius 3 is 2.21 bits per heavy atom. The van der Waals surface area contributed by atoms with Crippen LogP contribution in [0.5, 0.6) is 11.5 Å². The van der Waals surface area contributed by atoms with E-state index in [1.807, 2.05) is 0 Å². The molecule has 0 radical (unpaired) electrons. The van der Waals surface area contributed by atoms with Gasteiger partial charge in [0.2, 0.25) is 0 Å². The van der Waals surface area contributed by atoms with E-state index in [0.29, 0.717) is 17.1 Å². The van der Waals surface area contributed by atoms with Gasteiger partial charge in [0.05, 0.1) is 14.2 Å². The summed E-state index contributed by atoms with van der Waals surface area (Å²) in [5.74, 6) is -0.678. The Hall–Kier alpha value is -2.04. The number of carboxylic acid groups (broad SMARTS) is 1. The molecule has 0 aliphatic heterocycles. The van der Waals surface area contributed by atoms with Gasteiger partial charge in [-0.25, -0.2) is 0 Å². The number of hydrogen-bond acceptors (Lipinski definition) is 4. The number of benzene rings is 1. The molecule has 104 valence electrons. The minimum absolute atomic E-state index is 0.218. The summed E-state index contributed by atoms with van der Waals surface area (Å²) in [4.78, 5) is 23.6. The van der Waals surface area contributed by atoms with Crippen molar-refractivity contribution in [2.75, 3.05) is 14.2 Å². The summed E-state index contributed by atoms with van der Waals surface area (Å²) in [7, 11) is 2.95. The lowest BCUT2D eigenvalue weighted by Gasteiger charge is -2.21. The van der Waals surface area contributed by atoms with Crippen molar-refractivity contribution in [2.24, 2.45) is 5.41 Å². The Morgan fingerprint density at radius 2 is 1.79 bits per heavy atom. The van der Waals surface area contributed by atoms with Gasteiger partial charge in [-0.15, -0.1) is 0 Å². The predicted octanol–water partition coefficient (Wildman–Crippen LogP) is 2.39. The Kier molecular flexibility index (Phi) is 4.53. The van der Waals surface area contributed by atoms with Crippen LogP contribution in [0.2, 0.25) is 0 Å². The highest BCUT2D eigenvalue weighted by atomic mass is 16.5. The number of ketones is 1.